The largest absolute Gasteiger partial charge is 0.508 e. The molecule has 0 saturated heterocycles. The Morgan fingerprint density at radius 1 is 1.29 bits per heavy atom. The normalized spacial score (nSPS) is 10.5. The fourth-order valence-electron chi connectivity index (χ4n) is 1.21. The number of benzene rings is 1. The van der Waals surface area contributed by atoms with E-state index < -0.39 is 0 Å². The van der Waals surface area contributed by atoms with Crippen molar-refractivity contribution < 1.29 is 9.90 Å². The van der Waals surface area contributed by atoms with Gasteiger partial charge in [0.25, 0.3) is 0 Å². The fourth-order valence-corrected chi connectivity index (χ4v) is 1.21. The van der Waals surface area contributed by atoms with E-state index in [-0.39, 0.29) is 11.5 Å². The van der Waals surface area contributed by atoms with Gasteiger partial charge in [0, 0.05) is 12.0 Å². The van der Waals surface area contributed by atoms with E-state index in [1.165, 1.54) is 0 Å². The van der Waals surface area contributed by atoms with E-state index in [1.54, 1.807) is 24.3 Å². The molecule has 76 valence electrons. The molecule has 0 saturated carbocycles. The second kappa shape index (κ2) is 4.80. The van der Waals surface area contributed by atoms with Crippen molar-refractivity contribution >= 4 is 5.78 Å². The third-order valence-corrected chi connectivity index (χ3v) is 2.14. The van der Waals surface area contributed by atoms with E-state index in [1.807, 2.05) is 0 Å². The minimum atomic E-state index is 0.152. The zero-order chi connectivity index (χ0) is 10.6. The number of aromatic hydroxyl groups is 1. The van der Waals surface area contributed by atoms with E-state index in [4.69, 9.17) is 5.11 Å². The average molecular weight is 192 g/mol. The van der Waals surface area contributed by atoms with E-state index in [2.05, 4.69) is 13.8 Å². The first-order valence-electron chi connectivity index (χ1n) is 4.92. The smallest absolute Gasteiger partial charge is 0.162 e. The molecule has 0 aromatic heterocycles. The highest BCUT2D eigenvalue weighted by Crippen LogP contribution is 2.13. The molecule has 0 aliphatic heterocycles. The lowest BCUT2D eigenvalue weighted by Crippen LogP contribution is -2.00. The molecule has 1 N–H and O–H groups in total. The molecule has 0 radical (unpaired) electrons. The third kappa shape index (κ3) is 3.21. The number of rotatable bonds is 4. The van der Waals surface area contributed by atoms with Crippen molar-refractivity contribution in [2.24, 2.45) is 5.92 Å². The molecule has 0 amide bonds. The summed E-state index contributed by atoms with van der Waals surface area (Å²) < 4.78 is 0. The van der Waals surface area contributed by atoms with Gasteiger partial charge in [0.1, 0.15) is 5.75 Å². The number of phenolic OH excluding ortho intramolecular Hbond substituents is 1. The van der Waals surface area contributed by atoms with Crippen LogP contribution < -0.4 is 0 Å². The molecular weight excluding hydrogens is 176 g/mol. The van der Waals surface area contributed by atoms with Gasteiger partial charge in [-0.3, -0.25) is 4.79 Å². The Hall–Kier alpha value is -1.31. The van der Waals surface area contributed by atoms with Gasteiger partial charge in [-0.15, -0.1) is 0 Å². The highest BCUT2D eigenvalue weighted by atomic mass is 16.3. The Kier molecular flexibility index (Phi) is 3.69. The number of hydrogen-bond acceptors (Lipinski definition) is 2. The average Bonchev–Trinajstić information content (AvgIpc) is 2.15. The second-order valence-electron chi connectivity index (χ2n) is 3.90. The molecule has 0 heterocycles. The van der Waals surface area contributed by atoms with E-state index in [0.717, 1.165) is 6.42 Å². The van der Waals surface area contributed by atoms with Crippen LogP contribution in [0.25, 0.3) is 0 Å². The number of carbonyl (C=O) groups is 1. The topological polar surface area (TPSA) is 37.3 Å². The van der Waals surface area contributed by atoms with Crippen LogP contribution >= 0.6 is 0 Å². The first-order valence-corrected chi connectivity index (χ1v) is 4.92. The van der Waals surface area contributed by atoms with Gasteiger partial charge in [-0.25, -0.2) is 0 Å². The van der Waals surface area contributed by atoms with Crippen LogP contribution in [-0.2, 0) is 0 Å². The van der Waals surface area contributed by atoms with Gasteiger partial charge in [-0.05, 0) is 36.6 Å². The van der Waals surface area contributed by atoms with Crippen LogP contribution in [0, 0.1) is 5.92 Å². The number of phenols is 1. The summed E-state index contributed by atoms with van der Waals surface area (Å²) in [6.07, 6.45) is 1.50. The van der Waals surface area contributed by atoms with Gasteiger partial charge in [-0.2, -0.15) is 0 Å². The summed E-state index contributed by atoms with van der Waals surface area (Å²) >= 11 is 0. The fraction of sp³-hybridized carbons (Fsp3) is 0.417. The van der Waals surface area contributed by atoms with Crippen LogP contribution in [0.4, 0.5) is 0 Å². The predicted octanol–water partition coefficient (Wildman–Crippen LogP) is 3.01. The lowest BCUT2D eigenvalue weighted by Gasteiger charge is -2.03. The maximum absolute atomic E-state index is 11.6. The molecule has 0 atom stereocenters. The Morgan fingerprint density at radius 2 is 1.86 bits per heavy atom. The molecular formula is C12H16O2. The lowest BCUT2D eigenvalue weighted by molar-refractivity contribution is 0.0975. The Balaban J connectivity index is 2.57. The minimum Gasteiger partial charge on any atom is -0.508 e. The molecule has 0 fully saturated rings. The summed E-state index contributed by atoms with van der Waals surface area (Å²) in [6, 6.07) is 6.42. The number of Topliss-reactive ketones (excluding diaryl/α,β-unsaturated/α-hetero) is 1. The molecule has 0 bridgehead atoms. The van der Waals surface area contributed by atoms with Gasteiger partial charge in [0.05, 0.1) is 0 Å². The standard InChI is InChI=1S/C12H16O2/c1-9(2)3-8-12(14)10-4-6-11(13)7-5-10/h4-7,9,13H,3,8H2,1-2H3. The molecule has 2 heteroatoms. The monoisotopic (exact) mass is 192 g/mol. The third-order valence-electron chi connectivity index (χ3n) is 2.14. The highest BCUT2D eigenvalue weighted by Gasteiger charge is 2.06. The van der Waals surface area contributed by atoms with Crippen molar-refractivity contribution in [2.45, 2.75) is 26.7 Å². The molecule has 0 aliphatic rings. The second-order valence-corrected chi connectivity index (χ2v) is 3.90. The van der Waals surface area contributed by atoms with Crippen molar-refractivity contribution in [1.29, 1.82) is 0 Å². The minimum absolute atomic E-state index is 0.152. The van der Waals surface area contributed by atoms with Gasteiger partial charge in [0.2, 0.25) is 0 Å². The van der Waals surface area contributed by atoms with Crippen LogP contribution in [0.5, 0.6) is 5.75 Å². The molecule has 14 heavy (non-hydrogen) atoms. The molecule has 1 aromatic rings. The number of ketones is 1. The number of hydrogen-bond donors (Lipinski definition) is 1. The lowest BCUT2D eigenvalue weighted by atomic mass is 10.0. The zero-order valence-electron chi connectivity index (χ0n) is 8.66. The maximum Gasteiger partial charge on any atom is 0.162 e. The van der Waals surface area contributed by atoms with Crippen LogP contribution in [0.2, 0.25) is 0 Å². The van der Waals surface area contributed by atoms with Gasteiger partial charge >= 0.3 is 0 Å². The first kappa shape index (κ1) is 10.8. The van der Waals surface area contributed by atoms with Crippen LogP contribution in [0.1, 0.15) is 37.0 Å². The quantitative estimate of drug-likeness (QED) is 0.744. The van der Waals surface area contributed by atoms with Crippen molar-refractivity contribution in [2.75, 3.05) is 0 Å². The summed E-state index contributed by atoms with van der Waals surface area (Å²) in [5.41, 5.74) is 0.684. The molecule has 1 aromatic carbocycles. The van der Waals surface area contributed by atoms with E-state index in [0.29, 0.717) is 17.9 Å². The van der Waals surface area contributed by atoms with Crippen molar-refractivity contribution in [3.63, 3.8) is 0 Å². The molecule has 0 aliphatic carbocycles. The molecule has 0 spiro atoms. The summed E-state index contributed by atoms with van der Waals surface area (Å²) in [7, 11) is 0. The predicted molar refractivity (Wildman–Crippen MR) is 56.5 cm³/mol. The summed E-state index contributed by atoms with van der Waals surface area (Å²) in [4.78, 5) is 11.6. The summed E-state index contributed by atoms with van der Waals surface area (Å²) in [6.45, 7) is 4.20. The maximum atomic E-state index is 11.6. The molecule has 1 rings (SSSR count). The highest BCUT2D eigenvalue weighted by molar-refractivity contribution is 5.96. The van der Waals surface area contributed by atoms with Crippen molar-refractivity contribution in [1.82, 2.24) is 0 Å². The summed E-state index contributed by atoms with van der Waals surface area (Å²) in [5, 5.41) is 9.05. The Morgan fingerprint density at radius 3 is 2.36 bits per heavy atom. The number of carbonyl (C=O) groups excluding carboxylic acids is 1. The van der Waals surface area contributed by atoms with E-state index in [9.17, 15) is 4.79 Å². The van der Waals surface area contributed by atoms with Gasteiger partial charge < -0.3 is 5.11 Å². The van der Waals surface area contributed by atoms with Crippen LogP contribution in [0.15, 0.2) is 24.3 Å². The van der Waals surface area contributed by atoms with Crippen molar-refractivity contribution in [3.05, 3.63) is 29.8 Å². The van der Waals surface area contributed by atoms with Crippen LogP contribution in [0.3, 0.4) is 0 Å². The van der Waals surface area contributed by atoms with Gasteiger partial charge in [0.15, 0.2) is 5.78 Å². The van der Waals surface area contributed by atoms with Crippen LogP contribution in [-0.4, -0.2) is 10.9 Å². The Bertz CT molecular complexity index is 299. The van der Waals surface area contributed by atoms with Gasteiger partial charge in [-0.1, -0.05) is 13.8 Å². The first-order chi connectivity index (χ1) is 6.59. The van der Waals surface area contributed by atoms with Crippen molar-refractivity contribution in [3.8, 4) is 5.75 Å². The Labute approximate surface area is 84.6 Å². The zero-order valence-corrected chi connectivity index (χ0v) is 8.66. The SMILES string of the molecule is CC(C)CCC(=O)c1ccc(O)cc1. The van der Waals surface area contributed by atoms with E-state index >= 15 is 0 Å². The summed E-state index contributed by atoms with van der Waals surface area (Å²) in [5.74, 6) is 0.903. The molecule has 0 unspecified atom stereocenters. The molecule has 2 nitrogen and oxygen atoms in total.